The van der Waals surface area contributed by atoms with Gasteiger partial charge in [0.05, 0.1) is 23.6 Å². The molecule has 0 bridgehead atoms. The summed E-state index contributed by atoms with van der Waals surface area (Å²) in [5.74, 6) is -1.97. The van der Waals surface area contributed by atoms with E-state index < -0.39 is 17.6 Å². The molecule has 0 aliphatic carbocycles. The van der Waals surface area contributed by atoms with Crippen LogP contribution in [0.2, 0.25) is 0 Å². The second kappa shape index (κ2) is 3.34. The lowest BCUT2D eigenvalue weighted by Crippen LogP contribution is -2.00. The van der Waals surface area contributed by atoms with Crippen molar-refractivity contribution in [2.75, 3.05) is 7.11 Å². The number of esters is 1. The lowest BCUT2D eigenvalue weighted by atomic mass is 10.1. The highest BCUT2D eigenvalue weighted by molar-refractivity contribution is 6.04. The number of carbonyl (C=O) groups excluding carboxylic acids is 1. The maximum atomic E-state index is 13.4. The Labute approximate surface area is 83.7 Å². The highest BCUT2D eigenvalue weighted by Gasteiger charge is 2.17. The summed E-state index contributed by atoms with van der Waals surface area (Å²) in [4.78, 5) is 13.7. The minimum absolute atomic E-state index is 0.00972. The molecule has 0 aliphatic rings. The number of carbonyl (C=O) groups is 1. The van der Waals surface area contributed by atoms with Crippen LogP contribution in [0.3, 0.4) is 0 Å². The second-order valence-corrected chi connectivity index (χ2v) is 2.97. The average Bonchev–Trinajstić information content (AvgIpc) is 2.68. The van der Waals surface area contributed by atoms with Crippen molar-refractivity contribution in [3.05, 3.63) is 35.5 Å². The van der Waals surface area contributed by atoms with Gasteiger partial charge in [0.1, 0.15) is 11.6 Å². The third-order valence-electron chi connectivity index (χ3n) is 2.14. The molecule has 2 rings (SSSR count). The van der Waals surface area contributed by atoms with Crippen LogP contribution in [0.25, 0.3) is 10.9 Å². The van der Waals surface area contributed by atoms with Crippen molar-refractivity contribution in [2.24, 2.45) is 0 Å². The van der Waals surface area contributed by atoms with Gasteiger partial charge in [-0.05, 0) is 12.1 Å². The largest absolute Gasteiger partial charge is 0.465 e. The third-order valence-corrected chi connectivity index (χ3v) is 2.14. The Hall–Kier alpha value is -1.91. The van der Waals surface area contributed by atoms with Crippen LogP contribution in [0.4, 0.5) is 8.78 Å². The van der Waals surface area contributed by atoms with Crippen LogP contribution < -0.4 is 0 Å². The summed E-state index contributed by atoms with van der Waals surface area (Å²) < 4.78 is 31.0. The number of fused-ring (bicyclic) bond motifs is 1. The van der Waals surface area contributed by atoms with Crippen LogP contribution >= 0.6 is 0 Å². The van der Waals surface area contributed by atoms with E-state index in [1.807, 2.05) is 0 Å². The van der Waals surface area contributed by atoms with Gasteiger partial charge in [0.2, 0.25) is 0 Å². The van der Waals surface area contributed by atoms with E-state index in [0.717, 1.165) is 12.1 Å². The first-order valence-electron chi connectivity index (χ1n) is 4.18. The number of benzene rings is 1. The molecule has 78 valence electrons. The summed E-state index contributed by atoms with van der Waals surface area (Å²) in [5.41, 5.74) is -0.0418. The zero-order valence-electron chi connectivity index (χ0n) is 7.80. The zero-order valence-corrected chi connectivity index (χ0v) is 7.80. The predicted molar refractivity (Wildman–Crippen MR) is 49.6 cm³/mol. The van der Waals surface area contributed by atoms with Crippen molar-refractivity contribution in [1.82, 2.24) is 4.98 Å². The van der Waals surface area contributed by atoms with Crippen LogP contribution in [0.15, 0.2) is 18.3 Å². The Bertz CT molecular complexity index is 533. The van der Waals surface area contributed by atoms with Gasteiger partial charge >= 0.3 is 5.97 Å². The molecule has 0 spiro atoms. The number of hydrogen-bond donors (Lipinski definition) is 1. The number of aromatic amines is 1. The SMILES string of the molecule is COC(=O)c1c[nH]c2c(F)ccc(F)c12. The maximum absolute atomic E-state index is 13.4. The van der Waals surface area contributed by atoms with Gasteiger partial charge in [-0.25, -0.2) is 13.6 Å². The summed E-state index contributed by atoms with van der Waals surface area (Å²) in [6.45, 7) is 0. The first-order chi connectivity index (χ1) is 7.15. The monoisotopic (exact) mass is 211 g/mol. The number of aromatic nitrogens is 1. The topological polar surface area (TPSA) is 42.1 Å². The molecule has 0 fully saturated rings. The van der Waals surface area contributed by atoms with Crippen LogP contribution in [-0.4, -0.2) is 18.1 Å². The molecule has 0 amide bonds. The molecule has 15 heavy (non-hydrogen) atoms. The second-order valence-electron chi connectivity index (χ2n) is 2.97. The van der Waals surface area contributed by atoms with Crippen LogP contribution in [0.5, 0.6) is 0 Å². The zero-order chi connectivity index (χ0) is 11.0. The van der Waals surface area contributed by atoms with Crippen molar-refractivity contribution in [2.45, 2.75) is 0 Å². The molecule has 0 saturated carbocycles. The number of nitrogens with one attached hydrogen (secondary N) is 1. The Morgan fingerprint density at radius 2 is 2.00 bits per heavy atom. The average molecular weight is 211 g/mol. The van der Waals surface area contributed by atoms with E-state index in [9.17, 15) is 13.6 Å². The van der Waals surface area contributed by atoms with Gasteiger partial charge in [0, 0.05) is 6.20 Å². The van der Waals surface area contributed by atoms with Crippen molar-refractivity contribution < 1.29 is 18.3 Å². The number of ether oxygens (including phenoxy) is 1. The Morgan fingerprint density at radius 3 is 2.67 bits per heavy atom. The molecule has 3 nitrogen and oxygen atoms in total. The lowest BCUT2D eigenvalue weighted by molar-refractivity contribution is 0.0603. The number of halogens is 2. The number of hydrogen-bond acceptors (Lipinski definition) is 2. The van der Waals surface area contributed by atoms with E-state index in [-0.39, 0.29) is 16.5 Å². The minimum Gasteiger partial charge on any atom is -0.465 e. The first-order valence-corrected chi connectivity index (χ1v) is 4.18. The van der Waals surface area contributed by atoms with Gasteiger partial charge in [-0.15, -0.1) is 0 Å². The molecule has 0 aliphatic heterocycles. The number of rotatable bonds is 1. The van der Waals surface area contributed by atoms with E-state index in [4.69, 9.17) is 0 Å². The van der Waals surface area contributed by atoms with Gasteiger partial charge in [-0.1, -0.05) is 0 Å². The van der Waals surface area contributed by atoms with Gasteiger partial charge < -0.3 is 9.72 Å². The molecular weight excluding hydrogens is 204 g/mol. The highest BCUT2D eigenvalue weighted by Crippen LogP contribution is 2.24. The molecule has 1 N–H and O–H groups in total. The van der Waals surface area contributed by atoms with E-state index in [1.165, 1.54) is 13.3 Å². The summed E-state index contributed by atoms with van der Waals surface area (Å²) in [7, 11) is 1.18. The molecule has 5 heteroatoms. The van der Waals surface area contributed by atoms with Crippen molar-refractivity contribution in [3.63, 3.8) is 0 Å². The van der Waals surface area contributed by atoms with Crippen LogP contribution in [-0.2, 0) is 4.74 Å². The van der Waals surface area contributed by atoms with Crippen molar-refractivity contribution in [3.8, 4) is 0 Å². The summed E-state index contributed by atoms with van der Waals surface area (Å²) in [5, 5.41) is -0.0816. The fourth-order valence-corrected chi connectivity index (χ4v) is 1.44. The van der Waals surface area contributed by atoms with E-state index in [0.29, 0.717) is 0 Å². The molecule has 0 radical (unpaired) electrons. The van der Waals surface area contributed by atoms with E-state index in [1.54, 1.807) is 0 Å². The molecule has 1 aromatic heterocycles. The van der Waals surface area contributed by atoms with Gasteiger partial charge in [0.15, 0.2) is 0 Å². The molecule has 1 aromatic carbocycles. The Kier molecular flexibility index (Phi) is 2.15. The first kappa shape index (κ1) is 9.64. The molecule has 0 unspecified atom stereocenters. The molecule has 1 heterocycles. The lowest BCUT2D eigenvalue weighted by Gasteiger charge is -1.98. The fourth-order valence-electron chi connectivity index (χ4n) is 1.44. The standard InChI is InChI=1S/C10H7F2NO2/c1-15-10(14)5-4-13-9-7(12)3-2-6(11)8(5)9/h2-4,13H,1H3. The summed E-state index contributed by atoms with van der Waals surface area (Å²) in [6, 6.07) is 1.97. The summed E-state index contributed by atoms with van der Waals surface area (Å²) in [6.07, 6.45) is 1.22. The van der Waals surface area contributed by atoms with E-state index in [2.05, 4.69) is 9.72 Å². The van der Waals surface area contributed by atoms with E-state index >= 15 is 0 Å². The Balaban J connectivity index is 2.79. The molecule has 2 aromatic rings. The van der Waals surface area contributed by atoms with Gasteiger partial charge in [-0.2, -0.15) is 0 Å². The molecule has 0 saturated heterocycles. The van der Waals surface area contributed by atoms with Crippen molar-refractivity contribution in [1.29, 1.82) is 0 Å². The number of methoxy groups -OCH3 is 1. The maximum Gasteiger partial charge on any atom is 0.340 e. The van der Waals surface area contributed by atoms with Gasteiger partial charge in [0.25, 0.3) is 0 Å². The third kappa shape index (κ3) is 1.36. The minimum atomic E-state index is -0.703. The summed E-state index contributed by atoms with van der Waals surface area (Å²) >= 11 is 0. The Morgan fingerprint density at radius 1 is 1.33 bits per heavy atom. The van der Waals surface area contributed by atoms with Crippen LogP contribution in [0, 0.1) is 11.6 Å². The quantitative estimate of drug-likeness (QED) is 0.735. The number of H-pyrrole nitrogens is 1. The molecular formula is C10H7F2NO2. The molecule has 0 atom stereocenters. The smallest absolute Gasteiger partial charge is 0.340 e. The fraction of sp³-hybridized carbons (Fsp3) is 0.100. The highest BCUT2D eigenvalue weighted by atomic mass is 19.1. The van der Waals surface area contributed by atoms with Crippen molar-refractivity contribution >= 4 is 16.9 Å². The predicted octanol–water partition coefficient (Wildman–Crippen LogP) is 2.23. The van der Waals surface area contributed by atoms with Gasteiger partial charge in [-0.3, -0.25) is 0 Å². The van der Waals surface area contributed by atoms with Crippen LogP contribution in [0.1, 0.15) is 10.4 Å². The normalized spacial score (nSPS) is 10.6.